The Morgan fingerprint density at radius 3 is 2.51 bits per heavy atom. The summed E-state index contributed by atoms with van der Waals surface area (Å²) in [7, 11) is -5.45. The molecule has 2 aliphatic heterocycles. The standard InChI is InChI=1S/C21H31N3O15P2S2/c22-19-16-11(23-6-24-19)8(5-43-16)18-21(31,7-1-2-7)17(30)10(36-18)4-35-41(34,42)39-40(32,33)38-20-14(29)12(27)13(28)15(37-20)9(26)3-25/h5-7,9-10,12-15,17-18,20,25-31H,1-4H2,(H,32,33)(H,34,42)(H2,22,23,24)/t9-,10+,12?,13?,14?,15?,17+,18-,20?,21+,41?/m0/s1. The van der Waals surface area contributed by atoms with Gasteiger partial charge >= 0.3 is 14.5 Å². The first-order chi connectivity index (χ1) is 20.1. The third kappa shape index (κ3) is 6.55. The highest BCUT2D eigenvalue weighted by molar-refractivity contribution is 8.08. The molecule has 12 atom stereocenters. The fraction of sp³-hybridized carbons (Fsp3) is 0.714. The number of anilines is 1. The molecule has 0 radical (unpaired) electrons. The Bertz CT molecular complexity index is 1420. The second-order valence-corrected chi connectivity index (χ2v) is 15.7. The zero-order chi connectivity index (χ0) is 31.5. The Kier molecular flexibility index (Phi) is 9.67. The average Bonchev–Trinajstić information content (AvgIpc) is 3.66. The molecule has 0 aromatic carbocycles. The Morgan fingerprint density at radius 1 is 1.16 bits per heavy atom. The third-order valence-corrected chi connectivity index (χ3v) is 12.0. The van der Waals surface area contributed by atoms with E-state index in [1.165, 1.54) is 17.7 Å². The predicted molar refractivity (Wildman–Crippen MR) is 147 cm³/mol. The molecule has 4 heterocycles. The zero-order valence-corrected chi connectivity index (χ0v) is 25.3. The van der Waals surface area contributed by atoms with Crippen LogP contribution in [0.3, 0.4) is 0 Å². The minimum absolute atomic E-state index is 0.223. The number of ether oxygens (including phenoxy) is 2. The van der Waals surface area contributed by atoms with Crippen LogP contribution in [0, 0.1) is 5.92 Å². The van der Waals surface area contributed by atoms with E-state index in [9.17, 15) is 45.0 Å². The van der Waals surface area contributed by atoms with E-state index in [4.69, 9.17) is 36.6 Å². The minimum atomic E-state index is -5.45. The van der Waals surface area contributed by atoms with E-state index >= 15 is 0 Å². The number of thiophene rings is 1. The van der Waals surface area contributed by atoms with Crippen LogP contribution in [0.1, 0.15) is 24.5 Å². The summed E-state index contributed by atoms with van der Waals surface area (Å²) in [4.78, 5) is 28.9. The fourth-order valence-electron chi connectivity index (χ4n) is 5.19. The van der Waals surface area contributed by atoms with Gasteiger partial charge in [0, 0.05) is 5.56 Å². The first-order valence-electron chi connectivity index (χ1n) is 12.8. The van der Waals surface area contributed by atoms with Crippen LogP contribution in [0.15, 0.2) is 11.7 Å². The molecule has 2 saturated heterocycles. The van der Waals surface area contributed by atoms with Gasteiger partial charge in [0.15, 0.2) is 6.29 Å². The number of phosphoric ester groups is 1. The first kappa shape index (κ1) is 33.5. The van der Waals surface area contributed by atoms with Gasteiger partial charge in [0.25, 0.3) is 0 Å². The van der Waals surface area contributed by atoms with Crippen molar-refractivity contribution in [2.45, 2.75) is 73.6 Å². The van der Waals surface area contributed by atoms with Gasteiger partial charge in [-0.1, -0.05) is 0 Å². The number of nitrogen functional groups attached to an aromatic ring is 1. The molecule has 2 aromatic rings. The lowest BCUT2D eigenvalue weighted by Crippen LogP contribution is -2.61. The molecule has 2 aromatic heterocycles. The van der Waals surface area contributed by atoms with Crippen molar-refractivity contribution in [2.75, 3.05) is 18.9 Å². The maximum Gasteiger partial charge on any atom is 0.481 e. The maximum absolute atomic E-state index is 12.6. The predicted octanol–water partition coefficient (Wildman–Crippen LogP) is -2.26. The van der Waals surface area contributed by atoms with Gasteiger partial charge in [0.05, 0.1) is 23.4 Å². The summed E-state index contributed by atoms with van der Waals surface area (Å²) in [6.45, 7) is -6.32. The van der Waals surface area contributed by atoms with Crippen molar-refractivity contribution in [3.63, 3.8) is 0 Å². The van der Waals surface area contributed by atoms with Gasteiger partial charge in [-0.2, -0.15) is 0 Å². The molecular formula is C21H31N3O15P2S2. The molecule has 3 fully saturated rings. The highest BCUT2D eigenvalue weighted by Crippen LogP contribution is 2.62. The number of hydrogen-bond donors (Lipinski definition) is 10. The molecule has 0 amide bonds. The van der Waals surface area contributed by atoms with E-state index in [2.05, 4.69) is 18.8 Å². The van der Waals surface area contributed by atoms with Crippen LogP contribution in [0.4, 0.5) is 5.82 Å². The van der Waals surface area contributed by atoms with Crippen LogP contribution in [-0.2, 0) is 39.2 Å². The summed E-state index contributed by atoms with van der Waals surface area (Å²) >= 11 is 6.03. The number of rotatable bonds is 11. The van der Waals surface area contributed by atoms with E-state index in [-0.39, 0.29) is 11.7 Å². The molecule has 1 aliphatic carbocycles. The van der Waals surface area contributed by atoms with Crippen LogP contribution >= 0.6 is 25.9 Å². The van der Waals surface area contributed by atoms with Crippen molar-refractivity contribution in [3.05, 3.63) is 17.3 Å². The molecule has 11 N–H and O–H groups in total. The van der Waals surface area contributed by atoms with E-state index in [1.54, 1.807) is 5.38 Å². The molecule has 0 spiro atoms. The van der Waals surface area contributed by atoms with Crippen LogP contribution in [0.5, 0.6) is 0 Å². The molecule has 22 heteroatoms. The Morgan fingerprint density at radius 2 is 1.86 bits per heavy atom. The highest BCUT2D eigenvalue weighted by Gasteiger charge is 2.63. The Labute approximate surface area is 252 Å². The molecule has 3 aliphatic rings. The number of aromatic nitrogens is 2. The highest BCUT2D eigenvalue weighted by atomic mass is 32.5. The van der Waals surface area contributed by atoms with Crippen molar-refractivity contribution in [1.29, 1.82) is 0 Å². The van der Waals surface area contributed by atoms with E-state index in [0.717, 1.165) is 0 Å². The Balaban J connectivity index is 1.26. The van der Waals surface area contributed by atoms with Crippen LogP contribution in [-0.4, -0.2) is 123 Å². The average molecular weight is 692 g/mol. The van der Waals surface area contributed by atoms with Crippen molar-refractivity contribution < 1.29 is 72.9 Å². The molecule has 0 bridgehead atoms. The topological polar surface area (TPSA) is 297 Å². The van der Waals surface area contributed by atoms with E-state index < -0.39 is 88.5 Å². The summed E-state index contributed by atoms with van der Waals surface area (Å²) in [6.07, 6.45) is -13.3. The van der Waals surface area contributed by atoms with Crippen molar-refractivity contribution in [2.24, 2.45) is 5.92 Å². The quantitative estimate of drug-likeness (QED) is 0.111. The SMILES string of the molecule is Nc1ncnc2c([C@@H]3O[C@H](COP(O)(=S)OP(=O)(O)OC4OC([C@@H](O)CO)C(O)C(O)C4O)[C@@H](O)[C@]3(O)C3CC3)csc12. The van der Waals surface area contributed by atoms with Crippen LogP contribution in [0.2, 0.25) is 0 Å². The maximum atomic E-state index is 12.6. The first-order valence-corrected chi connectivity index (χ1v) is 17.8. The lowest BCUT2D eigenvalue weighted by molar-refractivity contribution is -0.292. The lowest BCUT2D eigenvalue weighted by Gasteiger charge is -2.41. The number of aliphatic hydroxyl groups is 7. The van der Waals surface area contributed by atoms with E-state index in [1.807, 2.05) is 0 Å². The zero-order valence-electron chi connectivity index (χ0n) is 21.9. The number of nitrogens with zero attached hydrogens (tertiary/aromatic N) is 2. The number of aliphatic hydroxyl groups excluding tert-OH is 6. The second-order valence-electron chi connectivity index (χ2n) is 10.4. The monoisotopic (exact) mass is 691 g/mol. The van der Waals surface area contributed by atoms with E-state index in [0.29, 0.717) is 28.6 Å². The molecule has 7 unspecified atom stereocenters. The van der Waals surface area contributed by atoms with Gasteiger partial charge in [-0.05, 0) is 35.9 Å². The molecule has 1 saturated carbocycles. The van der Waals surface area contributed by atoms with Gasteiger partial charge in [-0.3, -0.25) is 4.52 Å². The number of hydrogen-bond acceptors (Lipinski definition) is 18. The molecule has 242 valence electrons. The molecule has 18 nitrogen and oxygen atoms in total. The largest absolute Gasteiger partial charge is 0.481 e. The summed E-state index contributed by atoms with van der Waals surface area (Å²) in [6, 6.07) is 0. The summed E-state index contributed by atoms with van der Waals surface area (Å²) < 4.78 is 38.7. The second kappa shape index (κ2) is 12.4. The number of nitrogens with two attached hydrogens (primary N) is 1. The van der Waals surface area contributed by atoms with Crippen molar-refractivity contribution >= 4 is 53.7 Å². The normalized spacial score (nSPS) is 38.5. The number of phosphoric acid groups is 1. The van der Waals surface area contributed by atoms with Crippen LogP contribution in [0.25, 0.3) is 10.2 Å². The number of fused-ring (bicyclic) bond motifs is 1. The van der Waals surface area contributed by atoms with Gasteiger partial charge in [-0.25, -0.2) is 18.8 Å². The molecular weight excluding hydrogens is 660 g/mol. The molecule has 43 heavy (non-hydrogen) atoms. The fourth-order valence-corrected chi connectivity index (χ4v) is 9.23. The van der Waals surface area contributed by atoms with Gasteiger partial charge < -0.3 is 65.3 Å². The van der Waals surface area contributed by atoms with Crippen LogP contribution < -0.4 is 5.73 Å². The summed E-state index contributed by atoms with van der Waals surface area (Å²) in [5.41, 5.74) is 5.01. The Hall–Kier alpha value is -0.840. The lowest BCUT2D eigenvalue weighted by atomic mass is 9.83. The third-order valence-electron chi connectivity index (χ3n) is 7.50. The van der Waals surface area contributed by atoms with Gasteiger partial charge in [0.1, 0.15) is 66.6 Å². The van der Waals surface area contributed by atoms with Gasteiger partial charge in [-0.15, -0.1) is 11.3 Å². The summed E-state index contributed by atoms with van der Waals surface area (Å²) in [5, 5.41) is 73.5. The van der Waals surface area contributed by atoms with Gasteiger partial charge in [0.2, 0.25) is 0 Å². The minimum Gasteiger partial charge on any atom is -0.394 e. The molecule has 5 rings (SSSR count). The smallest absolute Gasteiger partial charge is 0.394 e. The summed E-state index contributed by atoms with van der Waals surface area (Å²) in [5.74, 6) is -0.115. The van der Waals surface area contributed by atoms with Crippen molar-refractivity contribution in [1.82, 2.24) is 9.97 Å². The van der Waals surface area contributed by atoms with Crippen molar-refractivity contribution in [3.8, 4) is 0 Å².